The van der Waals surface area contributed by atoms with Crippen LogP contribution in [-0.2, 0) is 14.4 Å². The first kappa shape index (κ1) is 14.8. The van der Waals surface area contributed by atoms with Crippen molar-refractivity contribution >= 4 is 29.1 Å². The standard InChI is InChI=1S/C13H15N3O5/c1-16-9-6-8(2-3-10(9)21-7-11(16)18)15-13(20)12(19)14-4-5-17/h2-3,6,17H,4-5,7H2,1H3,(H,14,19)(H,15,20). The molecule has 0 saturated carbocycles. The van der Waals surface area contributed by atoms with Gasteiger partial charge >= 0.3 is 11.8 Å². The summed E-state index contributed by atoms with van der Waals surface area (Å²) in [6, 6.07) is 4.73. The van der Waals surface area contributed by atoms with E-state index < -0.39 is 11.8 Å². The van der Waals surface area contributed by atoms with Gasteiger partial charge in [-0.3, -0.25) is 14.4 Å². The molecule has 1 aromatic carbocycles. The molecule has 3 N–H and O–H groups in total. The highest BCUT2D eigenvalue weighted by Gasteiger charge is 2.23. The summed E-state index contributed by atoms with van der Waals surface area (Å²) in [4.78, 5) is 36.0. The molecule has 0 unspecified atom stereocenters. The third kappa shape index (κ3) is 3.29. The number of aliphatic hydroxyl groups excluding tert-OH is 1. The Morgan fingerprint density at radius 2 is 2.14 bits per heavy atom. The Labute approximate surface area is 120 Å². The molecule has 0 aromatic heterocycles. The van der Waals surface area contributed by atoms with Crippen LogP contribution in [0.2, 0.25) is 0 Å². The van der Waals surface area contributed by atoms with Gasteiger partial charge in [0.1, 0.15) is 5.75 Å². The van der Waals surface area contributed by atoms with Crippen LogP contribution in [0.5, 0.6) is 5.75 Å². The zero-order valence-electron chi connectivity index (χ0n) is 11.4. The number of hydrogen-bond donors (Lipinski definition) is 3. The van der Waals surface area contributed by atoms with Gasteiger partial charge in [-0.25, -0.2) is 0 Å². The fraction of sp³-hybridized carbons (Fsp3) is 0.308. The van der Waals surface area contributed by atoms with Crippen LogP contribution in [0.15, 0.2) is 18.2 Å². The summed E-state index contributed by atoms with van der Waals surface area (Å²) in [5.74, 6) is -1.37. The predicted molar refractivity (Wildman–Crippen MR) is 74.1 cm³/mol. The van der Waals surface area contributed by atoms with E-state index in [0.717, 1.165) is 0 Å². The maximum Gasteiger partial charge on any atom is 0.313 e. The summed E-state index contributed by atoms with van der Waals surface area (Å²) < 4.78 is 5.26. The Bertz CT molecular complexity index is 587. The zero-order valence-corrected chi connectivity index (χ0v) is 11.4. The Hall–Kier alpha value is -2.61. The maximum atomic E-state index is 11.6. The minimum atomic E-state index is -0.853. The minimum Gasteiger partial charge on any atom is -0.482 e. The maximum absolute atomic E-state index is 11.6. The van der Waals surface area contributed by atoms with Gasteiger partial charge in [0, 0.05) is 19.3 Å². The number of rotatable bonds is 3. The largest absolute Gasteiger partial charge is 0.482 e. The lowest BCUT2D eigenvalue weighted by atomic mass is 10.2. The average Bonchev–Trinajstić information content (AvgIpc) is 2.49. The Morgan fingerprint density at radius 1 is 1.38 bits per heavy atom. The number of benzene rings is 1. The van der Waals surface area contributed by atoms with Crippen LogP contribution in [0, 0.1) is 0 Å². The highest BCUT2D eigenvalue weighted by Crippen LogP contribution is 2.33. The monoisotopic (exact) mass is 293 g/mol. The van der Waals surface area contributed by atoms with Gasteiger partial charge in [-0.2, -0.15) is 0 Å². The van der Waals surface area contributed by atoms with E-state index in [1.807, 2.05) is 0 Å². The van der Waals surface area contributed by atoms with Gasteiger partial charge in [-0.05, 0) is 18.2 Å². The highest BCUT2D eigenvalue weighted by molar-refractivity contribution is 6.39. The summed E-state index contributed by atoms with van der Waals surface area (Å²) in [5, 5.41) is 13.2. The molecular formula is C13H15N3O5. The molecule has 1 aliphatic rings. The molecule has 8 heteroatoms. The summed E-state index contributed by atoms with van der Waals surface area (Å²) in [7, 11) is 1.60. The Kier molecular flexibility index (Phi) is 4.39. The van der Waals surface area contributed by atoms with Gasteiger partial charge in [0.2, 0.25) is 0 Å². The van der Waals surface area contributed by atoms with Crippen molar-refractivity contribution in [2.24, 2.45) is 0 Å². The molecule has 0 bridgehead atoms. The zero-order chi connectivity index (χ0) is 15.4. The van der Waals surface area contributed by atoms with Crippen molar-refractivity contribution < 1.29 is 24.2 Å². The number of carbonyl (C=O) groups is 3. The molecule has 0 aliphatic carbocycles. The Morgan fingerprint density at radius 3 is 2.86 bits per heavy atom. The van der Waals surface area contributed by atoms with Crippen molar-refractivity contribution in [1.82, 2.24) is 5.32 Å². The SMILES string of the molecule is CN1C(=O)COc2ccc(NC(=O)C(=O)NCCO)cc21. The first-order chi connectivity index (χ1) is 10.0. The van der Waals surface area contributed by atoms with Crippen LogP contribution in [0.25, 0.3) is 0 Å². The molecule has 0 spiro atoms. The second-order valence-corrected chi connectivity index (χ2v) is 4.36. The number of carbonyl (C=O) groups excluding carboxylic acids is 3. The fourth-order valence-corrected chi connectivity index (χ4v) is 1.79. The van der Waals surface area contributed by atoms with Gasteiger partial charge in [0.25, 0.3) is 5.91 Å². The lowest BCUT2D eigenvalue weighted by molar-refractivity contribution is -0.136. The molecule has 0 atom stereocenters. The summed E-state index contributed by atoms with van der Waals surface area (Å²) in [5.41, 5.74) is 0.878. The quantitative estimate of drug-likeness (QED) is 0.625. The highest BCUT2D eigenvalue weighted by atomic mass is 16.5. The van der Waals surface area contributed by atoms with Crippen molar-refractivity contribution in [3.63, 3.8) is 0 Å². The van der Waals surface area contributed by atoms with Crippen LogP contribution < -0.4 is 20.3 Å². The van der Waals surface area contributed by atoms with E-state index in [2.05, 4.69) is 10.6 Å². The summed E-state index contributed by atoms with van der Waals surface area (Å²) in [6.07, 6.45) is 0. The smallest absolute Gasteiger partial charge is 0.313 e. The molecule has 1 aromatic rings. The van der Waals surface area contributed by atoms with Crippen molar-refractivity contribution in [3.8, 4) is 5.75 Å². The van der Waals surface area contributed by atoms with Gasteiger partial charge in [0.05, 0.1) is 12.3 Å². The predicted octanol–water partition coefficient (Wildman–Crippen LogP) is -0.911. The second kappa shape index (κ2) is 6.23. The van der Waals surface area contributed by atoms with Gasteiger partial charge in [-0.15, -0.1) is 0 Å². The van der Waals surface area contributed by atoms with E-state index in [4.69, 9.17) is 9.84 Å². The van der Waals surface area contributed by atoms with Gasteiger partial charge < -0.3 is 25.4 Å². The fourth-order valence-electron chi connectivity index (χ4n) is 1.79. The van der Waals surface area contributed by atoms with Crippen molar-refractivity contribution in [1.29, 1.82) is 0 Å². The molecule has 1 aliphatic heterocycles. The van der Waals surface area contributed by atoms with Gasteiger partial charge in [-0.1, -0.05) is 0 Å². The molecule has 112 valence electrons. The third-order valence-electron chi connectivity index (χ3n) is 2.91. The second-order valence-electron chi connectivity index (χ2n) is 4.36. The normalized spacial score (nSPS) is 13.2. The van der Waals surface area contributed by atoms with E-state index >= 15 is 0 Å². The number of nitrogens with zero attached hydrogens (tertiary/aromatic N) is 1. The average molecular weight is 293 g/mol. The molecule has 1 heterocycles. The first-order valence-electron chi connectivity index (χ1n) is 6.26. The van der Waals surface area contributed by atoms with Crippen LogP contribution in [-0.4, -0.2) is 49.6 Å². The number of likely N-dealkylation sites (N-methyl/N-ethyl adjacent to an activating group) is 1. The molecular weight excluding hydrogens is 278 g/mol. The molecule has 21 heavy (non-hydrogen) atoms. The van der Waals surface area contributed by atoms with Crippen molar-refractivity contribution in [3.05, 3.63) is 18.2 Å². The number of nitrogens with one attached hydrogen (secondary N) is 2. The van der Waals surface area contributed by atoms with E-state index in [0.29, 0.717) is 17.1 Å². The molecule has 0 saturated heterocycles. The van der Waals surface area contributed by atoms with E-state index in [9.17, 15) is 14.4 Å². The molecule has 8 nitrogen and oxygen atoms in total. The van der Waals surface area contributed by atoms with Crippen molar-refractivity contribution in [2.75, 3.05) is 37.0 Å². The van der Waals surface area contributed by atoms with E-state index in [1.165, 1.54) is 4.90 Å². The van der Waals surface area contributed by atoms with Crippen LogP contribution >= 0.6 is 0 Å². The topological polar surface area (TPSA) is 108 Å². The number of anilines is 2. The third-order valence-corrected chi connectivity index (χ3v) is 2.91. The van der Waals surface area contributed by atoms with Crippen LogP contribution in [0.3, 0.4) is 0 Å². The molecule has 3 amide bonds. The van der Waals surface area contributed by atoms with E-state index in [-0.39, 0.29) is 25.7 Å². The Balaban J connectivity index is 2.10. The molecule has 0 fully saturated rings. The lowest BCUT2D eigenvalue weighted by Crippen LogP contribution is -2.37. The van der Waals surface area contributed by atoms with Crippen molar-refractivity contribution in [2.45, 2.75) is 0 Å². The number of aliphatic hydroxyl groups is 1. The summed E-state index contributed by atoms with van der Waals surface area (Å²) in [6.45, 7) is -0.275. The van der Waals surface area contributed by atoms with Gasteiger partial charge in [0.15, 0.2) is 6.61 Å². The number of ether oxygens (including phenoxy) is 1. The number of hydrogen-bond acceptors (Lipinski definition) is 5. The van der Waals surface area contributed by atoms with E-state index in [1.54, 1.807) is 25.2 Å². The molecule has 2 rings (SSSR count). The number of amides is 3. The number of fused-ring (bicyclic) bond motifs is 1. The molecule has 0 radical (unpaired) electrons. The minimum absolute atomic E-state index is 0.00151. The first-order valence-corrected chi connectivity index (χ1v) is 6.26. The van der Waals surface area contributed by atoms with Crippen LogP contribution in [0.1, 0.15) is 0 Å². The lowest BCUT2D eigenvalue weighted by Gasteiger charge is -2.26. The van der Waals surface area contributed by atoms with Crippen LogP contribution in [0.4, 0.5) is 11.4 Å². The summed E-state index contributed by atoms with van der Waals surface area (Å²) >= 11 is 0.